The second-order valence-corrected chi connectivity index (χ2v) is 9.96. The van der Waals surface area contributed by atoms with Crippen molar-refractivity contribution in [3.8, 4) is 0 Å². The number of hydrogen-bond donors (Lipinski definition) is 0. The van der Waals surface area contributed by atoms with Gasteiger partial charge in [0.2, 0.25) is 0 Å². The molecule has 4 rings (SSSR count). The van der Waals surface area contributed by atoms with Crippen molar-refractivity contribution in [2.75, 3.05) is 39.3 Å². The summed E-state index contributed by atoms with van der Waals surface area (Å²) in [7, 11) is 0. The Balaban J connectivity index is 0.997. The van der Waals surface area contributed by atoms with Crippen molar-refractivity contribution in [2.24, 2.45) is 0 Å². The average Bonchev–Trinajstić information content (AvgIpc) is 3.10. The minimum atomic E-state index is -0.133. The van der Waals surface area contributed by atoms with Crippen LogP contribution in [0.3, 0.4) is 0 Å². The predicted molar refractivity (Wildman–Crippen MR) is 137 cm³/mol. The maximum atomic E-state index is 12.4. The molecule has 0 aliphatic carbocycles. The van der Waals surface area contributed by atoms with Crippen LogP contribution in [0.2, 0.25) is 5.02 Å². The molecule has 182 valence electrons. The monoisotopic (exact) mass is 481 g/mol. The molecule has 6 heteroatoms. The molecule has 2 heterocycles. The van der Waals surface area contributed by atoms with Crippen molar-refractivity contribution in [3.63, 3.8) is 0 Å². The third-order valence-corrected chi connectivity index (χ3v) is 7.27. The van der Waals surface area contributed by atoms with Crippen LogP contribution in [0.4, 0.5) is 0 Å². The summed E-state index contributed by atoms with van der Waals surface area (Å²) in [4.78, 5) is 31.3. The van der Waals surface area contributed by atoms with E-state index in [2.05, 4.69) is 21.9 Å². The van der Waals surface area contributed by atoms with Crippen LogP contribution in [-0.4, -0.2) is 65.8 Å². The lowest BCUT2D eigenvalue weighted by atomic mass is 10.1. The van der Waals surface area contributed by atoms with Gasteiger partial charge in [-0.1, -0.05) is 68.0 Å². The van der Waals surface area contributed by atoms with Crippen LogP contribution in [-0.2, 0) is 6.54 Å². The molecule has 0 spiro atoms. The van der Waals surface area contributed by atoms with Gasteiger partial charge in [-0.3, -0.25) is 19.4 Å². The Labute approximate surface area is 208 Å². The van der Waals surface area contributed by atoms with E-state index in [1.54, 1.807) is 12.1 Å². The van der Waals surface area contributed by atoms with Crippen molar-refractivity contribution in [1.82, 2.24) is 14.7 Å². The highest BCUT2D eigenvalue weighted by Gasteiger charge is 2.34. The molecular formula is C28H36ClN3O2. The minimum absolute atomic E-state index is 0.133. The van der Waals surface area contributed by atoms with Gasteiger partial charge in [0.15, 0.2) is 0 Å². The summed E-state index contributed by atoms with van der Waals surface area (Å²) in [6, 6.07) is 15.3. The predicted octanol–water partition coefficient (Wildman–Crippen LogP) is 5.48. The Bertz CT molecular complexity index is 919. The Morgan fingerprint density at radius 2 is 1.12 bits per heavy atom. The fourth-order valence-corrected chi connectivity index (χ4v) is 5.08. The molecule has 0 saturated carbocycles. The highest BCUT2D eigenvalue weighted by atomic mass is 35.5. The van der Waals surface area contributed by atoms with Gasteiger partial charge in [-0.2, -0.15) is 0 Å². The van der Waals surface area contributed by atoms with E-state index < -0.39 is 0 Å². The van der Waals surface area contributed by atoms with Gasteiger partial charge in [0.25, 0.3) is 11.8 Å². The molecule has 34 heavy (non-hydrogen) atoms. The summed E-state index contributed by atoms with van der Waals surface area (Å²) in [5.41, 5.74) is 2.44. The number of nitrogens with zero attached hydrogens (tertiary/aromatic N) is 3. The number of unbranched alkanes of at least 4 members (excludes halogenated alkanes) is 6. The molecule has 0 unspecified atom stereocenters. The average molecular weight is 482 g/mol. The molecular weight excluding hydrogens is 446 g/mol. The summed E-state index contributed by atoms with van der Waals surface area (Å²) >= 11 is 5.98. The summed E-state index contributed by atoms with van der Waals surface area (Å²) in [6.07, 6.45) is 8.19. The Morgan fingerprint density at radius 1 is 0.618 bits per heavy atom. The molecule has 0 bridgehead atoms. The SMILES string of the molecule is O=C1c2ccccc2C(=O)N1CCCCCCCCCN1CCN(Cc2ccc(Cl)cc2)CC1. The quantitative estimate of drug-likeness (QED) is 0.297. The first-order valence-electron chi connectivity index (χ1n) is 12.8. The van der Waals surface area contributed by atoms with E-state index >= 15 is 0 Å². The van der Waals surface area contributed by atoms with Gasteiger partial charge >= 0.3 is 0 Å². The summed E-state index contributed by atoms with van der Waals surface area (Å²) in [5, 5.41) is 0.801. The Kier molecular flexibility index (Phi) is 9.14. The molecule has 2 aliphatic rings. The van der Waals surface area contributed by atoms with Crippen molar-refractivity contribution < 1.29 is 9.59 Å². The van der Waals surface area contributed by atoms with Gasteiger partial charge in [0.1, 0.15) is 0 Å². The number of rotatable bonds is 12. The van der Waals surface area contributed by atoms with Crippen molar-refractivity contribution in [1.29, 1.82) is 0 Å². The first kappa shape index (κ1) is 24.9. The normalized spacial score (nSPS) is 16.9. The third kappa shape index (κ3) is 6.68. The molecule has 2 aromatic carbocycles. The number of piperazine rings is 1. The number of halogens is 1. The van der Waals surface area contributed by atoms with Crippen molar-refractivity contribution in [3.05, 3.63) is 70.2 Å². The van der Waals surface area contributed by atoms with E-state index in [0.717, 1.165) is 50.6 Å². The largest absolute Gasteiger partial charge is 0.301 e. The molecule has 1 fully saturated rings. The van der Waals surface area contributed by atoms with Gasteiger partial charge in [-0.05, 0) is 49.2 Å². The van der Waals surface area contributed by atoms with Crippen molar-refractivity contribution >= 4 is 23.4 Å². The molecule has 2 aromatic rings. The molecule has 0 N–H and O–H groups in total. The van der Waals surface area contributed by atoms with Crippen LogP contribution < -0.4 is 0 Å². The third-order valence-electron chi connectivity index (χ3n) is 7.02. The topological polar surface area (TPSA) is 43.9 Å². The highest BCUT2D eigenvalue weighted by molar-refractivity contribution is 6.30. The zero-order valence-electron chi connectivity index (χ0n) is 20.1. The number of hydrogen-bond acceptors (Lipinski definition) is 4. The van der Waals surface area contributed by atoms with E-state index in [1.807, 2.05) is 24.3 Å². The van der Waals surface area contributed by atoms with E-state index in [-0.39, 0.29) is 11.8 Å². The van der Waals surface area contributed by atoms with E-state index in [0.29, 0.717) is 17.7 Å². The molecule has 0 atom stereocenters. The van der Waals surface area contributed by atoms with Gasteiger partial charge < -0.3 is 4.90 Å². The number of carbonyl (C=O) groups is 2. The van der Waals surface area contributed by atoms with Gasteiger partial charge in [-0.25, -0.2) is 0 Å². The van der Waals surface area contributed by atoms with Crippen LogP contribution in [0.25, 0.3) is 0 Å². The summed E-state index contributed by atoms with van der Waals surface area (Å²) < 4.78 is 0. The second-order valence-electron chi connectivity index (χ2n) is 9.53. The number of carbonyl (C=O) groups excluding carboxylic acids is 2. The van der Waals surface area contributed by atoms with E-state index in [9.17, 15) is 9.59 Å². The molecule has 1 saturated heterocycles. The number of imide groups is 1. The lowest BCUT2D eigenvalue weighted by molar-refractivity contribution is 0.0651. The van der Waals surface area contributed by atoms with Crippen LogP contribution in [0.1, 0.15) is 71.2 Å². The molecule has 0 aromatic heterocycles. The number of benzene rings is 2. The zero-order chi connectivity index (χ0) is 23.8. The minimum Gasteiger partial charge on any atom is -0.301 e. The second kappa shape index (κ2) is 12.5. The molecule has 5 nitrogen and oxygen atoms in total. The molecule has 0 radical (unpaired) electrons. The Hall–Kier alpha value is -2.21. The van der Waals surface area contributed by atoms with Crippen LogP contribution in [0.5, 0.6) is 0 Å². The maximum Gasteiger partial charge on any atom is 0.261 e. The van der Waals surface area contributed by atoms with Gasteiger partial charge in [0.05, 0.1) is 11.1 Å². The van der Waals surface area contributed by atoms with Crippen LogP contribution in [0.15, 0.2) is 48.5 Å². The standard InChI is InChI=1S/C28H36ClN3O2/c29-24-14-12-23(13-15-24)22-31-20-18-30(19-21-31)16-8-4-2-1-3-5-9-17-32-27(33)25-10-6-7-11-26(25)28(32)34/h6-7,10-15H,1-5,8-9,16-22H2. The van der Waals surface area contributed by atoms with E-state index in [1.165, 1.54) is 49.1 Å². The molecule has 2 aliphatic heterocycles. The lowest BCUT2D eigenvalue weighted by Gasteiger charge is -2.34. The van der Waals surface area contributed by atoms with Gasteiger partial charge in [-0.15, -0.1) is 0 Å². The van der Waals surface area contributed by atoms with Crippen LogP contribution >= 0.6 is 11.6 Å². The lowest BCUT2D eigenvalue weighted by Crippen LogP contribution is -2.46. The van der Waals surface area contributed by atoms with Gasteiger partial charge in [0, 0.05) is 44.3 Å². The number of fused-ring (bicyclic) bond motifs is 1. The fraction of sp³-hybridized carbons (Fsp3) is 0.500. The Morgan fingerprint density at radius 3 is 1.71 bits per heavy atom. The van der Waals surface area contributed by atoms with Crippen LogP contribution in [0, 0.1) is 0 Å². The summed E-state index contributed by atoms with van der Waals surface area (Å²) in [6.45, 7) is 7.34. The highest BCUT2D eigenvalue weighted by Crippen LogP contribution is 2.23. The first-order chi connectivity index (χ1) is 16.6. The fourth-order valence-electron chi connectivity index (χ4n) is 4.95. The maximum absolute atomic E-state index is 12.4. The van der Waals surface area contributed by atoms with Crippen molar-refractivity contribution in [2.45, 2.75) is 51.5 Å². The summed E-state index contributed by atoms with van der Waals surface area (Å²) in [5.74, 6) is -0.266. The van der Waals surface area contributed by atoms with E-state index in [4.69, 9.17) is 11.6 Å². The molecule has 2 amide bonds. The zero-order valence-corrected chi connectivity index (χ0v) is 20.8. The smallest absolute Gasteiger partial charge is 0.261 e. The first-order valence-corrected chi connectivity index (χ1v) is 13.1. The number of amides is 2.